The van der Waals surface area contributed by atoms with Gasteiger partial charge in [0, 0.05) is 18.7 Å². The summed E-state index contributed by atoms with van der Waals surface area (Å²) in [6, 6.07) is 2.50. The molecule has 0 aromatic carbocycles. The SMILES string of the molecule is CCNc1cc(C(=O)N(CCO)CC(F)(F)F)cc(Cl)n1. The van der Waals surface area contributed by atoms with Gasteiger partial charge in [0.1, 0.15) is 17.5 Å². The molecule has 5 nitrogen and oxygen atoms in total. The van der Waals surface area contributed by atoms with Crippen molar-refractivity contribution in [2.75, 3.05) is 31.6 Å². The summed E-state index contributed by atoms with van der Waals surface area (Å²) in [4.78, 5) is 16.5. The number of amides is 1. The Hall–Kier alpha value is -1.54. The maximum absolute atomic E-state index is 12.5. The fourth-order valence-corrected chi connectivity index (χ4v) is 1.87. The number of hydrogen-bond acceptors (Lipinski definition) is 4. The summed E-state index contributed by atoms with van der Waals surface area (Å²) >= 11 is 5.75. The molecule has 0 bridgehead atoms. The van der Waals surface area contributed by atoms with Crippen LogP contribution in [-0.4, -0.2) is 53.3 Å². The normalized spacial score (nSPS) is 11.3. The summed E-state index contributed by atoms with van der Waals surface area (Å²) in [6.07, 6.45) is -4.55. The van der Waals surface area contributed by atoms with Crippen molar-refractivity contribution in [1.29, 1.82) is 0 Å². The van der Waals surface area contributed by atoms with E-state index in [-0.39, 0.29) is 10.7 Å². The van der Waals surface area contributed by atoms with Gasteiger partial charge in [-0.3, -0.25) is 4.79 Å². The summed E-state index contributed by atoms with van der Waals surface area (Å²) in [5.74, 6) is -0.575. The van der Waals surface area contributed by atoms with Gasteiger partial charge in [-0.05, 0) is 19.1 Å². The van der Waals surface area contributed by atoms with Crippen LogP contribution < -0.4 is 5.32 Å². The van der Waals surface area contributed by atoms with E-state index in [1.165, 1.54) is 12.1 Å². The molecule has 21 heavy (non-hydrogen) atoms. The molecule has 0 fully saturated rings. The van der Waals surface area contributed by atoms with Gasteiger partial charge in [-0.2, -0.15) is 13.2 Å². The predicted molar refractivity (Wildman–Crippen MR) is 72.5 cm³/mol. The average Bonchev–Trinajstić information content (AvgIpc) is 2.35. The van der Waals surface area contributed by atoms with Gasteiger partial charge < -0.3 is 15.3 Å². The molecule has 0 aliphatic carbocycles. The Labute approximate surface area is 124 Å². The van der Waals surface area contributed by atoms with Crippen molar-refractivity contribution in [2.45, 2.75) is 13.1 Å². The molecule has 0 saturated heterocycles. The van der Waals surface area contributed by atoms with E-state index < -0.39 is 31.8 Å². The zero-order valence-electron chi connectivity index (χ0n) is 11.2. The Kier molecular flexibility index (Phi) is 6.22. The predicted octanol–water partition coefficient (Wildman–Crippen LogP) is 2.16. The number of aliphatic hydroxyl groups is 1. The Bertz CT molecular complexity index is 497. The fourth-order valence-electron chi connectivity index (χ4n) is 1.66. The third kappa shape index (κ3) is 5.76. The van der Waals surface area contributed by atoms with Crippen LogP contribution >= 0.6 is 11.6 Å². The highest BCUT2D eigenvalue weighted by Crippen LogP contribution is 2.20. The third-order valence-electron chi connectivity index (χ3n) is 2.43. The lowest BCUT2D eigenvalue weighted by Crippen LogP contribution is -2.40. The Balaban J connectivity index is 3.02. The molecule has 1 heterocycles. The molecule has 0 unspecified atom stereocenters. The second kappa shape index (κ2) is 7.46. The van der Waals surface area contributed by atoms with Crippen molar-refractivity contribution in [3.63, 3.8) is 0 Å². The van der Waals surface area contributed by atoms with Gasteiger partial charge in [-0.1, -0.05) is 11.6 Å². The standard InChI is InChI=1S/C12H15ClF3N3O2/c1-2-17-10-6-8(5-9(13)18-10)11(21)19(3-4-20)7-12(14,15)16/h5-6,20H,2-4,7H2,1H3,(H,17,18). The highest BCUT2D eigenvalue weighted by Gasteiger charge is 2.33. The Morgan fingerprint density at radius 2 is 2.14 bits per heavy atom. The summed E-state index contributed by atoms with van der Waals surface area (Å²) in [7, 11) is 0. The van der Waals surface area contributed by atoms with E-state index in [1.54, 1.807) is 6.92 Å². The molecule has 9 heteroatoms. The van der Waals surface area contributed by atoms with E-state index in [2.05, 4.69) is 10.3 Å². The summed E-state index contributed by atoms with van der Waals surface area (Å²) in [6.45, 7) is -0.117. The molecule has 0 aliphatic heterocycles. The van der Waals surface area contributed by atoms with Crippen LogP contribution in [0.5, 0.6) is 0 Å². The van der Waals surface area contributed by atoms with Gasteiger partial charge in [0.05, 0.1) is 6.61 Å². The lowest BCUT2D eigenvalue weighted by Gasteiger charge is -2.23. The number of nitrogens with one attached hydrogen (secondary N) is 1. The van der Waals surface area contributed by atoms with E-state index in [0.717, 1.165) is 0 Å². The second-order valence-corrected chi connectivity index (χ2v) is 4.55. The number of aliphatic hydroxyl groups excluding tert-OH is 1. The number of anilines is 1. The van der Waals surface area contributed by atoms with E-state index in [1.807, 2.05) is 0 Å². The van der Waals surface area contributed by atoms with Crippen LogP contribution in [0, 0.1) is 0 Å². The largest absolute Gasteiger partial charge is 0.406 e. The quantitative estimate of drug-likeness (QED) is 0.787. The third-order valence-corrected chi connectivity index (χ3v) is 2.62. The van der Waals surface area contributed by atoms with Gasteiger partial charge in [0.2, 0.25) is 0 Å². The van der Waals surface area contributed by atoms with E-state index in [4.69, 9.17) is 16.7 Å². The highest BCUT2D eigenvalue weighted by atomic mass is 35.5. The molecule has 1 aromatic rings. The van der Waals surface area contributed by atoms with E-state index in [9.17, 15) is 18.0 Å². The van der Waals surface area contributed by atoms with Crippen molar-refractivity contribution in [2.24, 2.45) is 0 Å². The number of hydrogen-bond donors (Lipinski definition) is 2. The molecular weight excluding hydrogens is 311 g/mol. The number of rotatable bonds is 6. The number of halogens is 4. The Morgan fingerprint density at radius 3 is 2.67 bits per heavy atom. The molecular formula is C12H15ClF3N3O2. The van der Waals surface area contributed by atoms with Crippen LogP contribution in [0.4, 0.5) is 19.0 Å². The monoisotopic (exact) mass is 325 g/mol. The van der Waals surface area contributed by atoms with Gasteiger partial charge in [0.25, 0.3) is 5.91 Å². The fraction of sp³-hybridized carbons (Fsp3) is 0.500. The topological polar surface area (TPSA) is 65.5 Å². The number of nitrogens with zero attached hydrogens (tertiary/aromatic N) is 2. The van der Waals surface area contributed by atoms with Crippen molar-refractivity contribution in [3.8, 4) is 0 Å². The number of carbonyl (C=O) groups is 1. The highest BCUT2D eigenvalue weighted by molar-refractivity contribution is 6.29. The van der Waals surface area contributed by atoms with Gasteiger partial charge in [0.15, 0.2) is 0 Å². The number of pyridine rings is 1. The van der Waals surface area contributed by atoms with Crippen molar-refractivity contribution in [1.82, 2.24) is 9.88 Å². The molecule has 2 N–H and O–H groups in total. The van der Waals surface area contributed by atoms with Crippen molar-refractivity contribution in [3.05, 3.63) is 22.8 Å². The number of aromatic nitrogens is 1. The number of alkyl halides is 3. The molecule has 0 aliphatic rings. The minimum Gasteiger partial charge on any atom is -0.395 e. The van der Waals surface area contributed by atoms with Crippen LogP contribution in [-0.2, 0) is 0 Å². The van der Waals surface area contributed by atoms with Crippen LogP contribution in [0.1, 0.15) is 17.3 Å². The van der Waals surface area contributed by atoms with Gasteiger partial charge in [-0.15, -0.1) is 0 Å². The first-order chi connectivity index (χ1) is 9.76. The summed E-state index contributed by atoms with van der Waals surface area (Å²) in [5.41, 5.74) is -0.0244. The van der Waals surface area contributed by atoms with Crippen molar-refractivity contribution >= 4 is 23.3 Å². The first-order valence-corrected chi connectivity index (χ1v) is 6.53. The molecule has 118 valence electrons. The maximum Gasteiger partial charge on any atom is 0.406 e. The number of carbonyl (C=O) groups excluding carboxylic acids is 1. The molecule has 0 saturated carbocycles. The Morgan fingerprint density at radius 1 is 1.48 bits per heavy atom. The van der Waals surface area contributed by atoms with Gasteiger partial charge in [-0.25, -0.2) is 4.98 Å². The van der Waals surface area contributed by atoms with Gasteiger partial charge >= 0.3 is 6.18 Å². The summed E-state index contributed by atoms with van der Waals surface area (Å²) < 4.78 is 37.4. The first-order valence-electron chi connectivity index (χ1n) is 6.15. The lowest BCUT2D eigenvalue weighted by atomic mass is 10.2. The molecule has 1 amide bonds. The van der Waals surface area contributed by atoms with E-state index >= 15 is 0 Å². The lowest BCUT2D eigenvalue weighted by molar-refractivity contribution is -0.141. The summed E-state index contributed by atoms with van der Waals surface area (Å²) in [5, 5.41) is 11.6. The maximum atomic E-state index is 12.5. The smallest absolute Gasteiger partial charge is 0.395 e. The van der Waals surface area contributed by atoms with Crippen LogP contribution in [0.15, 0.2) is 12.1 Å². The molecule has 0 radical (unpaired) electrons. The molecule has 1 aromatic heterocycles. The van der Waals surface area contributed by atoms with E-state index in [0.29, 0.717) is 17.3 Å². The van der Waals surface area contributed by atoms with Crippen LogP contribution in [0.3, 0.4) is 0 Å². The first kappa shape index (κ1) is 17.5. The molecule has 1 rings (SSSR count). The minimum absolute atomic E-state index is 0.00671. The minimum atomic E-state index is -4.55. The molecule has 0 spiro atoms. The zero-order valence-corrected chi connectivity index (χ0v) is 12.0. The van der Waals surface area contributed by atoms with Crippen LogP contribution in [0.25, 0.3) is 0 Å². The zero-order chi connectivity index (χ0) is 16.0. The second-order valence-electron chi connectivity index (χ2n) is 4.16. The average molecular weight is 326 g/mol. The molecule has 0 atom stereocenters. The van der Waals surface area contributed by atoms with Crippen molar-refractivity contribution < 1.29 is 23.1 Å². The van der Waals surface area contributed by atoms with Crippen LogP contribution in [0.2, 0.25) is 5.15 Å².